The summed E-state index contributed by atoms with van der Waals surface area (Å²) >= 11 is 7.25. The third kappa shape index (κ3) is 4.66. The average Bonchev–Trinajstić information content (AvgIpc) is 3.02. The van der Waals surface area contributed by atoms with Gasteiger partial charge in [-0.1, -0.05) is 53.7 Å². The summed E-state index contributed by atoms with van der Waals surface area (Å²) in [6.07, 6.45) is 0. The van der Waals surface area contributed by atoms with Gasteiger partial charge in [-0.3, -0.25) is 4.79 Å². The van der Waals surface area contributed by atoms with E-state index in [4.69, 9.17) is 17.4 Å². The summed E-state index contributed by atoms with van der Waals surface area (Å²) in [5.41, 5.74) is 4.28. The Bertz CT molecular complexity index is 1000. The van der Waals surface area contributed by atoms with Gasteiger partial charge in [0.15, 0.2) is 5.82 Å². The first-order chi connectivity index (χ1) is 13.3. The minimum atomic E-state index is -0.0944. The SMILES string of the molecule is Cc1ccc([C@H](C)NC(=O)CSc2nnc(-c3cccc(Cl)c3)n2N)cc1C. The van der Waals surface area contributed by atoms with E-state index >= 15 is 0 Å². The number of aryl methyl sites for hydroxylation is 2. The summed E-state index contributed by atoms with van der Waals surface area (Å²) in [7, 11) is 0. The molecule has 1 aromatic heterocycles. The molecular formula is C20H22ClN5OS. The lowest BCUT2D eigenvalue weighted by atomic mass is 10.0. The Hall–Kier alpha value is -2.51. The molecule has 0 bridgehead atoms. The molecule has 0 saturated heterocycles. The van der Waals surface area contributed by atoms with E-state index in [0.29, 0.717) is 16.0 Å². The molecule has 3 rings (SSSR count). The molecule has 146 valence electrons. The van der Waals surface area contributed by atoms with Crippen molar-refractivity contribution in [2.24, 2.45) is 0 Å². The first-order valence-electron chi connectivity index (χ1n) is 8.81. The van der Waals surface area contributed by atoms with Crippen LogP contribution in [0.4, 0.5) is 0 Å². The zero-order valence-corrected chi connectivity index (χ0v) is 17.5. The van der Waals surface area contributed by atoms with Crippen LogP contribution in [0.5, 0.6) is 0 Å². The predicted octanol–water partition coefficient (Wildman–Crippen LogP) is 3.90. The van der Waals surface area contributed by atoms with Gasteiger partial charge in [-0.15, -0.1) is 10.2 Å². The van der Waals surface area contributed by atoms with Crippen LogP contribution in [0.25, 0.3) is 11.4 Å². The van der Waals surface area contributed by atoms with Gasteiger partial charge in [-0.05, 0) is 49.6 Å². The number of nitrogens with zero attached hydrogens (tertiary/aromatic N) is 3. The number of thioether (sulfide) groups is 1. The Morgan fingerprint density at radius 3 is 2.71 bits per heavy atom. The highest BCUT2D eigenvalue weighted by atomic mass is 35.5. The van der Waals surface area contributed by atoms with Gasteiger partial charge in [0.25, 0.3) is 0 Å². The first-order valence-corrected chi connectivity index (χ1v) is 10.2. The number of carbonyl (C=O) groups is 1. The van der Waals surface area contributed by atoms with Crippen LogP contribution in [0.1, 0.15) is 29.7 Å². The van der Waals surface area contributed by atoms with Gasteiger partial charge in [-0.2, -0.15) is 0 Å². The zero-order valence-electron chi connectivity index (χ0n) is 15.9. The van der Waals surface area contributed by atoms with E-state index < -0.39 is 0 Å². The van der Waals surface area contributed by atoms with Crippen molar-refractivity contribution in [1.29, 1.82) is 0 Å². The number of benzene rings is 2. The summed E-state index contributed by atoms with van der Waals surface area (Å²) in [6.45, 7) is 6.10. The average molecular weight is 416 g/mol. The van der Waals surface area contributed by atoms with Crippen LogP contribution in [0.3, 0.4) is 0 Å². The number of carbonyl (C=O) groups excluding carboxylic acids is 1. The summed E-state index contributed by atoms with van der Waals surface area (Å²) < 4.78 is 1.37. The van der Waals surface area contributed by atoms with E-state index in [-0.39, 0.29) is 17.7 Å². The van der Waals surface area contributed by atoms with Crippen LogP contribution < -0.4 is 11.2 Å². The molecule has 0 aliphatic carbocycles. The second-order valence-corrected chi connectivity index (χ2v) is 7.99. The summed E-state index contributed by atoms with van der Waals surface area (Å²) in [4.78, 5) is 12.3. The Labute approximate surface area is 173 Å². The van der Waals surface area contributed by atoms with Crippen molar-refractivity contribution in [3.8, 4) is 11.4 Å². The number of nitrogens with two attached hydrogens (primary N) is 1. The molecule has 0 radical (unpaired) electrons. The van der Waals surface area contributed by atoms with E-state index in [2.05, 4.69) is 41.5 Å². The molecule has 1 amide bonds. The van der Waals surface area contributed by atoms with Crippen molar-refractivity contribution < 1.29 is 4.79 Å². The van der Waals surface area contributed by atoms with Crippen LogP contribution >= 0.6 is 23.4 Å². The van der Waals surface area contributed by atoms with E-state index in [0.717, 1.165) is 11.1 Å². The largest absolute Gasteiger partial charge is 0.349 e. The molecule has 0 spiro atoms. The fraction of sp³-hybridized carbons (Fsp3) is 0.250. The lowest BCUT2D eigenvalue weighted by Gasteiger charge is -2.15. The van der Waals surface area contributed by atoms with E-state index in [1.807, 2.05) is 25.1 Å². The van der Waals surface area contributed by atoms with Crippen LogP contribution in [0.15, 0.2) is 47.6 Å². The van der Waals surface area contributed by atoms with Crippen molar-refractivity contribution in [2.45, 2.75) is 32.0 Å². The van der Waals surface area contributed by atoms with E-state index in [1.165, 1.54) is 27.6 Å². The monoisotopic (exact) mass is 415 g/mol. The van der Waals surface area contributed by atoms with Crippen molar-refractivity contribution in [1.82, 2.24) is 20.2 Å². The molecule has 1 atom stereocenters. The molecule has 0 aliphatic rings. The summed E-state index contributed by atoms with van der Waals surface area (Å²) in [6, 6.07) is 13.3. The number of rotatable bonds is 6. The van der Waals surface area contributed by atoms with Gasteiger partial charge < -0.3 is 11.2 Å². The van der Waals surface area contributed by atoms with E-state index in [1.54, 1.807) is 12.1 Å². The molecule has 0 aliphatic heterocycles. The number of hydrogen-bond acceptors (Lipinski definition) is 5. The van der Waals surface area contributed by atoms with Gasteiger partial charge in [0.1, 0.15) is 0 Å². The van der Waals surface area contributed by atoms with Gasteiger partial charge in [-0.25, -0.2) is 4.68 Å². The fourth-order valence-corrected chi connectivity index (χ4v) is 3.59. The lowest BCUT2D eigenvalue weighted by Crippen LogP contribution is -2.28. The maximum Gasteiger partial charge on any atom is 0.230 e. The quantitative estimate of drug-likeness (QED) is 0.471. The highest BCUT2D eigenvalue weighted by Crippen LogP contribution is 2.24. The Kier molecular flexibility index (Phi) is 6.26. The molecule has 3 aromatic rings. The van der Waals surface area contributed by atoms with Crippen LogP contribution in [-0.2, 0) is 4.79 Å². The maximum atomic E-state index is 12.3. The Morgan fingerprint density at radius 1 is 1.21 bits per heavy atom. The van der Waals surface area contributed by atoms with Gasteiger partial charge in [0, 0.05) is 10.6 Å². The number of amides is 1. The van der Waals surface area contributed by atoms with Crippen molar-refractivity contribution >= 4 is 29.3 Å². The molecule has 1 heterocycles. The molecule has 0 saturated carbocycles. The molecule has 28 heavy (non-hydrogen) atoms. The Morgan fingerprint density at radius 2 is 2.00 bits per heavy atom. The lowest BCUT2D eigenvalue weighted by molar-refractivity contribution is -0.119. The first kappa shape index (κ1) is 20.2. The Balaban J connectivity index is 1.61. The predicted molar refractivity (Wildman–Crippen MR) is 114 cm³/mol. The number of aromatic nitrogens is 3. The van der Waals surface area contributed by atoms with Crippen molar-refractivity contribution in [3.63, 3.8) is 0 Å². The summed E-state index contributed by atoms with van der Waals surface area (Å²) in [5.74, 6) is 6.69. The third-order valence-electron chi connectivity index (χ3n) is 4.49. The normalized spacial score (nSPS) is 12.0. The van der Waals surface area contributed by atoms with E-state index in [9.17, 15) is 4.79 Å². The maximum absolute atomic E-state index is 12.3. The molecule has 3 N–H and O–H groups in total. The molecule has 6 nitrogen and oxygen atoms in total. The topological polar surface area (TPSA) is 85.8 Å². The smallest absolute Gasteiger partial charge is 0.230 e. The fourth-order valence-electron chi connectivity index (χ4n) is 2.73. The van der Waals surface area contributed by atoms with Gasteiger partial charge >= 0.3 is 0 Å². The number of nitrogen functional groups attached to an aromatic ring is 1. The second-order valence-electron chi connectivity index (χ2n) is 6.61. The minimum Gasteiger partial charge on any atom is -0.349 e. The second kappa shape index (κ2) is 8.67. The zero-order chi connectivity index (χ0) is 20.3. The van der Waals surface area contributed by atoms with Gasteiger partial charge in [0.05, 0.1) is 11.8 Å². The molecule has 2 aromatic carbocycles. The van der Waals surface area contributed by atoms with Crippen LogP contribution in [0, 0.1) is 13.8 Å². The minimum absolute atomic E-state index is 0.0785. The van der Waals surface area contributed by atoms with Crippen molar-refractivity contribution in [2.75, 3.05) is 11.6 Å². The standard InChI is InChI=1S/C20H22ClN5OS/c1-12-7-8-15(9-13(12)2)14(3)23-18(27)11-28-20-25-24-19(26(20)22)16-5-4-6-17(21)10-16/h4-10,14H,11,22H2,1-3H3,(H,23,27)/t14-/m0/s1. The van der Waals surface area contributed by atoms with Crippen molar-refractivity contribution in [3.05, 3.63) is 64.2 Å². The summed E-state index contributed by atoms with van der Waals surface area (Å²) in [5, 5.41) is 12.2. The van der Waals surface area contributed by atoms with Crippen LogP contribution in [0.2, 0.25) is 5.02 Å². The molecular weight excluding hydrogens is 394 g/mol. The number of hydrogen-bond donors (Lipinski definition) is 2. The number of nitrogens with one attached hydrogen (secondary N) is 1. The molecule has 0 unspecified atom stereocenters. The highest BCUT2D eigenvalue weighted by molar-refractivity contribution is 7.99. The molecule has 8 heteroatoms. The third-order valence-corrected chi connectivity index (χ3v) is 5.67. The van der Waals surface area contributed by atoms with Gasteiger partial charge in [0.2, 0.25) is 11.1 Å². The highest BCUT2D eigenvalue weighted by Gasteiger charge is 2.15. The van der Waals surface area contributed by atoms with Crippen LogP contribution in [-0.4, -0.2) is 26.5 Å². The number of halogens is 1. The molecule has 0 fully saturated rings.